The van der Waals surface area contributed by atoms with E-state index in [2.05, 4.69) is 6.07 Å². The molecule has 1 aromatic rings. The lowest BCUT2D eigenvalue weighted by Gasteiger charge is -2.06. The van der Waals surface area contributed by atoms with Crippen molar-refractivity contribution in [3.8, 4) is 6.07 Å². The zero-order valence-corrected chi connectivity index (χ0v) is 9.83. The highest BCUT2D eigenvalue weighted by molar-refractivity contribution is 7.98. The van der Waals surface area contributed by atoms with Gasteiger partial charge in [0.05, 0.1) is 17.6 Å². The van der Waals surface area contributed by atoms with E-state index in [1.165, 1.54) is 0 Å². The molecule has 1 atom stereocenters. The summed E-state index contributed by atoms with van der Waals surface area (Å²) in [5.74, 6) is 0.122. The van der Waals surface area contributed by atoms with Gasteiger partial charge in [-0.05, 0) is 11.6 Å². The van der Waals surface area contributed by atoms with Gasteiger partial charge in [-0.2, -0.15) is 17.0 Å². The third-order valence-electron chi connectivity index (χ3n) is 2.18. The van der Waals surface area contributed by atoms with Crippen LogP contribution in [0.5, 0.6) is 0 Å². The fraction of sp³-hybridized carbons (Fsp3) is 0.333. The number of nitrogens with zero attached hydrogens (tertiary/aromatic N) is 1. The molecule has 16 heavy (non-hydrogen) atoms. The van der Waals surface area contributed by atoms with Crippen LogP contribution in [0.1, 0.15) is 18.1 Å². The maximum atomic E-state index is 10.6. The van der Waals surface area contributed by atoms with Crippen molar-refractivity contribution in [3.63, 3.8) is 0 Å². The van der Waals surface area contributed by atoms with Crippen LogP contribution in [0.3, 0.4) is 0 Å². The van der Waals surface area contributed by atoms with Crippen LogP contribution < -0.4 is 0 Å². The second kappa shape index (κ2) is 6.19. The van der Waals surface area contributed by atoms with Crippen LogP contribution in [0.15, 0.2) is 24.3 Å². The van der Waals surface area contributed by atoms with Gasteiger partial charge in [0.25, 0.3) is 0 Å². The average molecular weight is 235 g/mol. The maximum absolute atomic E-state index is 10.6. The number of hydrogen-bond donors (Lipinski definition) is 1. The van der Waals surface area contributed by atoms with Crippen molar-refractivity contribution < 1.29 is 9.90 Å². The first kappa shape index (κ1) is 12.6. The monoisotopic (exact) mass is 235 g/mol. The summed E-state index contributed by atoms with van der Waals surface area (Å²) in [4.78, 5) is 10.6. The topological polar surface area (TPSA) is 61.1 Å². The standard InChI is InChI=1S/C12H13NO2S/c1-9(12(14)15)7-16-8-11-5-3-2-4-10(11)6-13/h2-5,9H,7-8H2,1H3,(H,14,15). The minimum absolute atomic E-state index is 0.348. The first-order valence-electron chi connectivity index (χ1n) is 4.93. The Balaban J connectivity index is 2.49. The summed E-state index contributed by atoms with van der Waals surface area (Å²) in [6.45, 7) is 1.69. The molecule has 3 nitrogen and oxygen atoms in total. The predicted octanol–water partition coefficient (Wildman–Crippen LogP) is 2.51. The smallest absolute Gasteiger partial charge is 0.307 e. The van der Waals surface area contributed by atoms with Crippen LogP contribution >= 0.6 is 11.8 Å². The molecule has 1 rings (SSSR count). The highest BCUT2D eigenvalue weighted by Gasteiger charge is 2.10. The van der Waals surface area contributed by atoms with Gasteiger partial charge in [-0.3, -0.25) is 4.79 Å². The van der Waals surface area contributed by atoms with Gasteiger partial charge in [-0.1, -0.05) is 25.1 Å². The van der Waals surface area contributed by atoms with Gasteiger partial charge in [0.1, 0.15) is 0 Å². The molecule has 0 saturated heterocycles. The van der Waals surface area contributed by atoms with Gasteiger partial charge >= 0.3 is 5.97 Å². The molecule has 0 aliphatic carbocycles. The first-order valence-corrected chi connectivity index (χ1v) is 6.09. The Morgan fingerprint density at radius 1 is 1.56 bits per heavy atom. The van der Waals surface area contributed by atoms with E-state index in [0.29, 0.717) is 17.1 Å². The summed E-state index contributed by atoms with van der Waals surface area (Å²) in [5.41, 5.74) is 1.63. The van der Waals surface area contributed by atoms with Crippen LogP contribution in [0.25, 0.3) is 0 Å². The van der Waals surface area contributed by atoms with E-state index in [0.717, 1.165) is 5.56 Å². The van der Waals surface area contributed by atoms with Crippen LogP contribution in [-0.4, -0.2) is 16.8 Å². The summed E-state index contributed by atoms with van der Waals surface area (Å²) in [6, 6.07) is 9.51. The van der Waals surface area contributed by atoms with E-state index in [9.17, 15) is 4.79 Å². The number of carboxylic acids is 1. The molecule has 0 saturated carbocycles. The lowest BCUT2D eigenvalue weighted by Crippen LogP contribution is -2.11. The van der Waals surface area contributed by atoms with Crippen LogP contribution in [0.4, 0.5) is 0 Å². The van der Waals surface area contributed by atoms with Crippen molar-refractivity contribution >= 4 is 17.7 Å². The van der Waals surface area contributed by atoms with Crippen molar-refractivity contribution in [1.29, 1.82) is 5.26 Å². The normalized spacial score (nSPS) is 11.8. The van der Waals surface area contributed by atoms with Crippen molar-refractivity contribution in [3.05, 3.63) is 35.4 Å². The Kier molecular flexibility index (Phi) is 4.87. The molecule has 1 aromatic carbocycles. The van der Waals surface area contributed by atoms with Crippen LogP contribution in [0.2, 0.25) is 0 Å². The van der Waals surface area contributed by atoms with Crippen molar-refractivity contribution in [2.75, 3.05) is 5.75 Å². The fourth-order valence-corrected chi connectivity index (χ4v) is 2.26. The molecule has 1 N–H and O–H groups in total. The molecule has 0 heterocycles. The lowest BCUT2D eigenvalue weighted by molar-refractivity contribution is -0.140. The minimum Gasteiger partial charge on any atom is -0.481 e. The van der Waals surface area contributed by atoms with E-state index in [1.54, 1.807) is 24.8 Å². The summed E-state index contributed by atoms with van der Waals surface area (Å²) < 4.78 is 0. The number of carboxylic acid groups (broad SMARTS) is 1. The molecule has 0 spiro atoms. The van der Waals surface area contributed by atoms with E-state index in [-0.39, 0.29) is 5.92 Å². The summed E-state index contributed by atoms with van der Waals surface area (Å²) in [5, 5.41) is 17.6. The van der Waals surface area contributed by atoms with Gasteiger partial charge < -0.3 is 5.11 Å². The van der Waals surface area contributed by atoms with Crippen molar-refractivity contribution in [2.45, 2.75) is 12.7 Å². The Morgan fingerprint density at radius 2 is 2.25 bits per heavy atom. The second-order valence-electron chi connectivity index (χ2n) is 3.52. The maximum Gasteiger partial charge on any atom is 0.307 e. The number of nitriles is 1. The van der Waals surface area contributed by atoms with E-state index in [4.69, 9.17) is 10.4 Å². The molecule has 0 bridgehead atoms. The van der Waals surface area contributed by atoms with Crippen molar-refractivity contribution in [1.82, 2.24) is 0 Å². The summed E-state index contributed by atoms with van der Waals surface area (Å²) in [7, 11) is 0. The third kappa shape index (κ3) is 3.59. The molecule has 0 aliphatic heterocycles. The number of aliphatic carboxylic acids is 1. The predicted molar refractivity (Wildman–Crippen MR) is 64.1 cm³/mol. The van der Waals surface area contributed by atoms with E-state index in [1.807, 2.05) is 18.2 Å². The lowest BCUT2D eigenvalue weighted by atomic mass is 10.1. The van der Waals surface area contributed by atoms with Crippen molar-refractivity contribution in [2.24, 2.45) is 5.92 Å². The van der Waals surface area contributed by atoms with Gasteiger partial charge in [0, 0.05) is 11.5 Å². The second-order valence-corrected chi connectivity index (χ2v) is 4.55. The molecule has 0 aliphatic rings. The fourth-order valence-electron chi connectivity index (χ4n) is 1.17. The third-order valence-corrected chi connectivity index (χ3v) is 3.44. The number of hydrogen-bond acceptors (Lipinski definition) is 3. The molecule has 0 fully saturated rings. The Bertz CT molecular complexity index is 412. The zero-order chi connectivity index (χ0) is 12.0. The van der Waals surface area contributed by atoms with Crippen LogP contribution in [0, 0.1) is 17.2 Å². The van der Waals surface area contributed by atoms with Gasteiger partial charge in [0.15, 0.2) is 0 Å². The van der Waals surface area contributed by atoms with Gasteiger partial charge in [-0.25, -0.2) is 0 Å². The van der Waals surface area contributed by atoms with Crippen LogP contribution in [-0.2, 0) is 10.5 Å². The summed E-state index contributed by atoms with van der Waals surface area (Å²) >= 11 is 1.54. The molecular formula is C12H13NO2S. The Hall–Kier alpha value is -1.47. The number of carbonyl (C=O) groups is 1. The number of thioether (sulfide) groups is 1. The van der Waals surface area contributed by atoms with Gasteiger partial charge in [0.2, 0.25) is 0 Å². The Labute approximate surface area is 99.1 Å². The summed E-state index contributed by atoms with van der Waals surface area (Å²) in [6.07, 6.45) is 0. The first-order chi connectivity index (χ1) is 7.65. The molecule has 4 heteroatoms. The van der Waals surface area contributed by atoms with E-state index >= 15 is 0 Å². The molecule has 0 aromatic heterocycles. The quantitative estimate of drug-likeness (QED) is 0.851. The molecule has 0 amide bonds. The highest BCUT2D eigenvalue weighted by atomic mass is 32.2. The minimum atomic E-state index is -0.777. The SMILES string of the molecule is CC(CSCc1ccccc1C#N)C(=O)O. The molecule has 0 radical (unpaired) electrons. The Morgan fingerprint density at radius 3 is 2.88 bits per heavy atom. The largest absolute Gasteiger partial charge is 0.481 e. The zero-order valence-electron chi connectivity index (χ0n) is 9.01. The highest BCUT2D eigenvalue weighted by Crippen LogP contribution is 2.18. The number of benzene rings is 1. The average Bonchev–Trinajstić information content (AvgIpc) is 2.29. The molecule has 84 valence electrons. The van der Waals surface area contributed by atoms with E-state index < -0.39 is 5.97 Å². The molecule has 1 unspecified atom stereocenters. The molecular weight excluding hydrogens is 222 g/mol. The van der Waals surface area contributed by atoms with Gasteiger partial charge in [-0.15, -0.1) is 0 Å². The number of rotatable bonds is 5.